The average molecular weight is 430 g/mol. The molecule has 0 saturated carbocycles. The van der Waals surface area contributed by atoms with E-state index in [-0.39, 0.29) is 0 Å². The lowest BCUT2D eigenvalue weighted by Crippen LogP contribution is -2.47. The summed E-state index contributed by atoms with van der Waals surface area (Å²) in [6.07, 6.45) is 1.82. The van der Waals surface area contributed by atoms with E-state index in [0.717, 1.165) is 66.1 Å². The number of aryl methyl sites for hydroxylation is 2. The lowest BCUT2D eigenvalue weighted by Gasteiger charge is -2.36. The molecule has 1 aliphatic heterocycles. The molecule has 1 fully saturated rings. The van der Waals surface area contributed by atoms with Crippen LogP contribution in [-0.4, -0.2) is 53.0 Å². The number of benzene rings is 2. The number of piperazine rings is 1. The van der Waals surface area contributed by atoms with E-state index in [4.69, 9.17) is 14.7 Å². The molecule has 0 amide bonds. The first kappa shape index (κ1) is 20.1. The number of hydrogen-bond acceptors (Lipinski definition) is 7. The molecule has 0 unspecified atom stereocenters. The van der Waals surface area contributed by atoms with Crippen molar-refractivity contribution in [3.63, 3.8) is 0 Å². The van der Waals surface area contributed by atoms with Crippen molar-refractivity contribution in [3.05, 3.63) is 60.3 Å². The quantitative estimate of drug-likeness (QED) is 0.518. The number of rotatable bonds is 5. The minimum Gasteiger partial charge on any atom is -0.495 e. The minimum absolute atomic E-state index is 0.718. The van der Waals surface area contributed by atoms with Crippen LogP contribution in [0.1, 0.15) is 5.56 Å². The summed E-state index contributed by atoms with van der Waals surface area (Å²) in [5.74, 6) is 2.39. The van der Waals surface area contributed by atoms with E-state index in [1.165, 1.54) is 5.56 Å². The fraction of sp³-hybridized carbons (Fsp3) is 0.292. The molecule has 2 aromatic carbocycles. The second-order valence-corrected chi connectivity index (χ2v) is 8.02. The number of fused-ring (bicyclic) bond motifs is 1. The van der Waals surface area contributed by atoms with Crippen LogP contribution in [0.25, 0.3) is 11.0 Å². The molecule has 0 atom stereocenters. The van der Waals surface area contributed by atoms with E-state index in [9.17, 15) is 0 Å². The van der Waals surface area contributed by atoms with Crippen LogP contribution in [0.5, 0.6) is 5.75 Å². The Morgan fingerprint density at radius 1 is 0.938 bits per heavy atom. The monoisotopic (exact) mass is 429 g/mol. The molecule has 0 aliphatic carbocycles. The molecule has 4 aromatic rings. The van der Waals surface area contributed by atoms with Crippen molar-refractivity contribution in [2.24, 2.45) is 7.05 Å². The number of nitrogens with one attached hydrogen (secondary N) is 1. The highest BCUT2D eigenvalue weighted by Gasteiger charge is 2.23. The SMILES string of the molecule is COc1ccccc1N1CCN(c2nc(Nc3cccc(C)c3)c3cnn(C)c3n2)CC1. The fourth-order valence-corrected chi connectivity index (χ4v) is 4.15. The molecule has 1 saturated heterocycles. The summed E-state index contributed by atoms with van der Waals surface area (Å²) >= 11 is 0. The number of anilines is 4. The van der Waals surface area contributed by atoms with Crippen molar-refractivity contribution in [3.8, 4) is 5.75 Å². The first-order valence-electron chi connectivity index (χ1n) is 10.8. The van der Waals surface area contributed by atoms with Crippen LogP contribution in [0.2, 0.25) is 0 Å². The zero-order chi connectivity index (χ0) is 22.1. The average Bonchev–Trinajstić information content (AvgIpc) is 3.20. The summed E-state index contributed by atoms with van der Waals surface area (Å²) < 4.78 is 7.34. The van der Waals surface area contributed by atoms with Gasteiger partial charge in [0, 0.05) is 38.9 Å². The maximum atomic E-state index is 5.55. The van der Waals surface area contributed by atoms with Crippen molar-refractivity contribution in [2.45, 2.75) is 6.92 Å². The maximum Gasteiger partial charge on any atom is 0.229 e. The van der Waals surface area contributed by atoms with E-state index >= 15 is 0 Å². The van der Waals surface area contributed by atoms with Crippen LogP contribution in [0.3, 0.4) is 0 Å². The van der Waals surface area contributed by atoms with Gasteiger partial charge in [-0.2, -0.15) is 15.1 Å². The molecule has 8 heteroatoms. The topological polar surface area (TPSA) is 71.3 Å². The number of ether oxygens (including phenoxy) is 1. The predicted octanol–water partition coefficient (Wildman–Crippen LogP) is 3.75. The number of hydrogen-bond donors (Lipinski definition) is 1. The summed E-state index contributed by atoms with van der Waals surface area (Å²) in [7, 11) is 3.63. The Kier molecular flexibility index (Phi) is 5.26. The van der Waals surface area contributed by atoms with E-state index in [1.54, 1.807) is 11.8 Å². The van der Waals surface area contributed by atoms with E-state index in [0.29, 0.717) is 0 Å². The first-order chi connectivity index (χ1) is 15.6. The van der Waals surface area contributed by atoms with Crippen LogP contribution in [0.15, 0.2) is 54.7 Å². The molecule has 8 nitrogen and oxygen atoms in total. The van der Waals surface area contributed by atoms with Crippen molar-refractivity contribution in [1.82, 2.24) is 19.7 Å². The van der Waals surface area contributed by atoms with E-state index in [1.807, 2.05) is 43.6 Å². The summed E-state index contributed by atoms with van der Waals surface area (Å²) in [5.41, 5.74) is 4.14. The number of nitrogens with zero attached hydrogens (tertiary/aromatic N) is 6. The van der Waals surface area contributed by atoms with Gasteiger partial charge in [-0.1, -0.05) is 24.3 Å². The summed E-state index contributed by atoms with van der Waals surface area (Å²) in [6.45, 7) is 5.47. The second-order valence-electron chi connectivity index (χ2n) is 8.02. The Morgan fingerprint density at radius 3 is 2.50 bits per heavy atom. The van der Waals surface area contributed by atoms with Crippen molar-refractivity contribution in [2.75, 3.05) is 48.4 Å². The van der Waals surface area contributed by atoms with Gasteiger partial charge in [0.1, 0.15) is 11.6 Å². The van der Waals surface area contributed by atoms with Gasteiger partial charge in [-0.25, -0.2) is 0 Å². The van der Waals surface area contributed by atoms with E-state index in [2.05, 4.69) is 45.3 Å². The Balaban J connectivity index is 1.42. The largest absolute Gasteiger partial charge is 0.495 e. The van der Waals surface area contributed by atoms with Gasteiger partial charge in [0.05, 0.1) is 24.4 Å². The van der Waals surface area contributed by atoms with Crippen LogP contribution >= 0.6 is 0 Å². The number of para-hydroxylation sites is 2. The van der Waals surface area contributed by atoms with Gasteiger partial charge >= 0.3 is 0 Å². The number of aromatic nitrogens is 4. The fourth-order valence-electron chi connectivity index (χ4n) is 4.15. The van der Waals surface area contributed by atoms with Gasteiger partial charge < -0.3 is 19.9 Å². The summed E-state index contributed by atoms with van der Waals surface area (Å²) in [4.78, 5) is 14.3. The molecule has 0 radical (unpaired) electrons. The molecule has 164 valence electrons. The normalized spacial score (nSPS) is 14.1. The second kappa shape index (κ2) is 8.37. The highest BCUT2D eigenvalue weighted by atomic mass is 16.5. The third-order valence-electron chi connectivity index (χ3n) is 5.85. The zero-order valence-electron chi connectivity index (χ0n) is 18.6. The number of methoxy groups -OCH3 is 1. The van der Waals surface area contributed by atoms with Crippen LogP contribution in [0, 0.1) is 6.92 Å². The Labute approximate surface area is 187 Å². The van der Waals surface area contributed by atoms with Crippen LogP contribution in [0.4, 0.5) is 23.1 Å². The highest BCUT2D eigenvalue weighted by Crippen LogP contribution is 2.30. The van der Waals surface area contributed by atoms with Crippen LogP contribution < -0.4 is 19.9 Å². The Bertz CT molecular complexity index is 1240. The molecule has 3 heterocycles. The smallest absolute Gasteiger partial charge is 0.229 e. The third-order valence-corrected chi connectivity index (χ3v) is 5.85. The first-order valence-corrected chi connectivity index (χ1v) is 10.8. The van der Waals surface area contributed by atoms with E-state index < -0.39 is 0 Å². The molecule has 5 rings (SSSR count). The molecule has 0 bridgehead atoms. The maximum absolute atomic E-state index is 5.55. The third kappa shape index (κ3) is 3.79. The van der Waals surface area contributed by atoms with Gasteiger partial charge in [0.15, 0.2) is 5.65 Å². The Hall–Kier alpha value is -3.81. The summed E-state index contributed by atoms with van der Waals surface area (Å²) in [6, 6.07) is 16.4. The molecule has 1 N–H and O–H groups in total. The summed E-state index contributed by atoms with van der Waals surface area (Å²) in [5, 5.41) is 8.79. The highest BCUT2D eigenvalue weighted by molar-refractivity contribution is 5.89. The molecular formula is C24H27N7O. The van der Waals surface area contributed by atoms with Crippen molar-refractivity contribution in [1.29, 1.82) is 0 Å². The molecule has 1 aliphatic rings. The zero-order valence-corrected chi connectivity index (χ0v) is 18.6. The molecule has 2 aromatic heterocycles. The van der Waals surface area contributed by atoms with Crippen molar-refractivity contribution < 1.29 is 4.74 Å². The van der Waals surface area contributed by atoms with Gasteiger partial charge in [-0.05, 0) is 36.8 Å². The van der Waals surface area contributed by atoms with Crippen molar-refractivity contribution >= 4 is 34.2 Å². The van der Waals surface area contributed by atoms with Gasteiger partial charge in [-0.15, -0.1) is 0 Å². The minimum atomic E-state index is 0.718. The van der Waals surface area contributed by atoms with Crippen LogP contribution in [-0.2, 0) is 7.05 Å². The standard InChI is InChI=1S/C24H27N7O/c1-17-7-6-8-18(15-17)26-22-19-16-25-29(2)23(19)28-24(27-22)31-13-11-30(12-14-31)20-9-4-5-10-21(20)32-3/h4-10,15-16H,11-14H2,1-3H3,(H,26,27,28). The molecule has 0 spiro atoms. The van der Waals surface area contributed by atoms with Gasteiger partial charge in [0.2, 0.25) is 5.95 Å². The lowest BCUT2D eigenvalue weighted by atomic mass is 10.2. The lowest BCUT2D eigenvalue weighted by molar-refractivity contribution is 0.413. The molecule has 32 heavy (non-hydrogen) atoms. The molecular weight excluding hydrogens is 402 g/mol. The van der Waals surface area contributed by atoms with Gasteiger partial charge in [0.25, 0.3) is 0 Å². The van der Waals surface area contributed by atoms with Gasteiger partial charge in [-0.3, -0.25) is 4.68 Å². The Morgan fingerprint density at radius 2 is 1.72 bits per heavy atom. The predicted molar refractivity (Wildman–Crippen MR) is 128 cm³/mol.